The molecule has 0 aliphatic rings. The molecule has 0 aliphatic carbocycles. The molecule has 3 aromatic rings. The molecule has 0 saturated heterocycles. The fourth-order valence-corrected chi connectivity index (χ4v) is 3.34. The third-order valence-electron chi connectivity index (χ3n) is 3.45. The summed E-state index contributed by atoms with van der Waals surface area (Å²) in [5.74, 6) is -0.342. The topological polar surface area (TPSA) is 84.2 Å². The molecule has 2 aromatic heterocycles. The van der Waals surface area contributed by atoms with E-state index in [9.17, 15) is 9.59 Å². The number of amides is 2. The number of nitrogens with zero attached hydrogens (tertiary/aromatic N) is 1. The van der Waals surface area contributed by atoms with Gasteiger partial charge in [-0.05, 0) is 29.8 Å². The van der Waals surface area contributed by atoms with Crippen molar-refractivity contribution in [2.45, 2.75) is 12.8 Å². The van der Waals surface area contributed by atoms with Crippen LogP contribution in [0.2, 0.25) is 5.02 Å². The van der Waals surface area contributed by atoms with Gasteiger partial charge in [0.1, 0.15) is 0 Å². The Morgan fingerprint density at radius 3 is 2.88 bits per heavy atom. The monoisotopic (exact) mass is 389 g/mol. The number of halogens is 1. The lowest BCUT2D eigenvalue weighted by atomic mass is 10.1. The number of carbonyl (C=O) groups is 2. The van der Waals surface area contributed by atoms with Gasteiger partial charge in [-0.25, -0.2) is 4.98 Å². The van der Waals surface area contributed by atoms with E-state index in [4.69, 9.17) is 16.0 Å². The summed E-state index contributed by atoms with van der Waals surface area (Å²) in [6.45, 7) is 0.214. The van der Waals surface area contributed by atoms with Gasteiger partial charge in [-0.1, -0.05) is 23.7 Å². The van der Waals surface area contributed by atoms with Gasteiger partial charge in [-0.2, -0.15) is 0 Å². The molecular weight excluding hydrogens is 374 g/mol. The molecule has 3 rings (SSSR count). The number of benzene rings is 1. The van der Waals surface area contributed by atoms with Crippen LogP contribution in [0.4, 0.5) is 5.13 Å². The van der Waals surface area contributed by atoms with Crippen LogP contribution in [-0.4, -0.2) is 23.3 Å². The summed E-state index contributed by atoms with van der Waals surface area (Å²) in [5, 5.41) is 6.58. The Kier molecular flexibility index (Phi) is 6.04. The summed E-state index contributed by atoms with van der Waals surface area (Å²) < 4.78 is 4.98. The smallest absolute Gasteiger partial charge is 0.286 e. The van der Waals surface area contributed by atoms with Crippen molar-refractivity contribution in [3.8, 4) is 0 Å². The SMILES string of the molecule is O=C(CCNC(=O)c1ccco1)Nc1ncc(Cc2cccc(Cl)c2)s1. The quantitative estimate of drug-likeness (QED) is 0.644. The van der Waals surface area contributed by atoms with Crippen LogP contribution in [-0.2, 0) is 11.2 Å². The summed E-state index contributed by atoms with van der Waals surface area (Å²) in [6, 6.07) is 10.8. The molecule has 0 aliphatic heterocycles. The Labute approximate surface area is 159 Å². The molecule has 6 nitrogen and oxygen atoms in total. The molecule has 8 heteroatoms. The lowest BCUT2D eigenvalue weighted by molar-refractivity contribution is -0.116. The maximum absolute atomic E-state index is 12.0. The third-order valence-corrected chi connectivity index (χ3v) is 4.60. The van der Waals surface area contributed by atoms with E-state index in [0.717, 1.165) is 10.4 Å². The molecule has 0 atom stereocenters. The van der Waals surface area contributed by atoms with Crippen LogP contribution in [0.3, 0.4) is 0 Å². The van der Waals surface area contributed by atoms with Gasteiger partial charge in [-0.3, -0.25) is 9.59 Å². The average molecular weight is 390 g/mol. The predicted molar refractivity (Wildman–Crippen MR) is 101 cm³/mol. The van der Waals surface area contributed by atoms with Crippen LogP contribution in [0, 0.1) is 0 Å². The van der Waals surface area contributed by atoms with Crippen molar-refractivity contribution in [3.63, 3.8) is 0 Å². The van der Waals surface area contributed by atoms with E-state index in [-0.39, 0.29) is 30.5 Å². The van der Waals surface area contributed by atoms with Gasteiger partial charge < -0.3 is 15.1 Å². The number of hydrogen-bond donors (Lipinski definition) is 2. The van der Waals surface area contributed by atoms with E-state index in [1.807, 2.05) is 24.3 Å². The number of anilines is 1. The first-order valence-corrected chi connectivity index (χ1v) is 9.10. The first-order valence-electron chi connectivity index (χ1n) is 7.91. The fourth-order valence-electron chi connectivity index (χ4n) is 2.26. The third kappa shape index (κ3) is 5.18. The molecule has 2 N–H and O–H groups in total. The second-order valence-electron chi connectivity index (χ2n) is 5.47. The minimum Gasteiger partial charge on any atom is -0.459 e. The lowest BCUT2D eigenvalue weighted by Gasteiger charge is -2.03. The van der Waals surface area contributed by atoms with Crippen LogP contribution in [0.15, 0.2) is 53.3 Å². The highest BCUT2D eigenvalue weighted by molar-refractivity contribution is 7.15. The van der Waals surface area contributed by atoms with E-state index in [1.165, 1.54) is 17.6 Å². The van der Waals surface area contributed by atoms with Crippen LogP contribution in [0.25, 0.3) is 0 Å². The second kappa shape index (κ2) is 8.64. The average Bonchev–Trinajstić information content (AvgIpc) is 3.27. The number of thiazole rings is 1. The Morgan fingerprint density at radius 1 is 1.23 bits per heavy atom. The molecule has 1 aromatic carbocycles. The highest BCUT2D eigenvalue weighted by Gasteiger charge is 2.10. The molecule has 0 unspecified atom stereocenters. The normalized spacial score (nSPS) is 10.5. The largest absolute Gasteiger partial charge is 0.459 e. The maximum Gasteiger partial charge on any atom is 0.286 e. The molecule has 0 fully saturated rings. The number of aromatic nitrogens is 1. The van der Waals surface area contributed by atoms with Crippen LogP contribution >= 0.6 is 22.9 Å². The highest BCUT2D eigenvalue weighted by Crippen LogP contribution is 2.22. The fraction of sp³-hybridized carbons (Fsp3) is 0.167. The van der Waals surface area contributed by atoms with E-state index in [2.05, 4.69) is 15.6 Å². The first kappa shape index (κ1) is 18.2. The second-order valence-corrected chi connectivity index (χ2v) is 7.02. The molecule has 0 saturated carbocycles. The number of carbonyl (C=O) groups excluding carboxylic acids is 2. The summed E-state index contributed by atoms with van der Waals surface area (Å²) in [7, 11) is 0. The van der Waals surface area contributed by atoms with Crippen LogP contribution in [0.5, 0.6) is 0 Å². The van der Waals surface area contributed by atoms with Crippen molar-refractivity contribution < 1.29 is 14.0 Å². The van der Waals surface area contributed by atoms with Gasteiger partial charge in [0, 0.05) is 35.5 Å². The zero-order valence-electron chi connectivity index (χ0n) is 13.7. The van der Waals surface area contributed by atoms with E-state index in [1.54, 1.807) is 18.3 Å². The van der Waals surface area contributed by atoms with Crippen molar-refractivity contribution in [1.82, 2.24) is 10.3 Å². The summed E-state index contributed by atoms with van der Waals surface area (Å²) >= 11 is 7.39. The molecular formula is C18H16ClN3O3S. The van der Waals surface area contributed by atoms with Crippen LogP contribution < -0.4 is 10.6 Å². The van der Waals surface area contributed by atoms with Crippen molar-refractivity contribution in [2.75, 3.05) is 11.9 Å². The first-order chi connectivity index (χ1) is 12.6. The van der Waals surface area contributed by atoms with Crippen molar-refractivity contribution in [2.24, 2.45) is 0 Å². The van der Waals surface area contributed by atoms with Crippen LogP contribution in [0.1, 0.15) is 27.4 Å². The molecule has 2 amide bonds. The Balaban J connectivity index is 1.44. The Bertz CT molecular complexity index is 893. The Morgan fingerprint density at radius 2 is 2.12 bits per heavy atom. The van der Waals surface area contributed by atoms with Gasteiger partial charge >= 0.3 is 0 Å². The Hall–Kier alpha value is -2.64. The summed E-state index contributed by atoms with van der Waals surface area (Å²) in [6.07, 6.45) is 4.01. The summed E-state index contributed by atoms with van der Waals surface area (Å²) in [4.78, 5) is 28.9. The van der Waals surface area contributed by atoms with E-state index >= 15 is 0 Å². The predicted octanol–water partition coefficient (Wildman–Crippen LogP) is 3.74. The maximum atomic E-state index is 12.0. The van der Waals surface area contributed by atoms with Crippen molar-refractivity contribution in [3.05, 3.63) is 70.1 Å². The van der Waals surface area contributed by atoms with E-state index in [0.29, 0.717) is 16.6 Å². The van der Waals surface area contributed by atoms with Gasteiger partial charge in [0.2, 0.25) is 5.91 Å². The molecule has 0 bridgehead atoms. The number of nitrogens with one attached hydrogen (secondary N) is 2. The molecule has 26 heavy (non-hydrogen) atoms. The molecule has 0 radical (unpaired) electrons. The van der Waals surface area contributed by atoms with Gasteiger partial charge in [-0.15, -0.1) is 11.3 Å². The minimum atomic E-state index is -0.346. The number of hydrogen-bond acceptors (Lipinski definition) is 5. The lowest BCUT2D eigenvalue weighted by Crippen LogP contribution is -2.27. The van der Waals surface area contributed by atoms with Gasteiger partial charge in [0.05, 0.1) is 6.26 Å². The zero-order chi connectivity index (χ0) is 18.4. The standard InChI is InChI=1S/C18H16ClN3O3S/c19-13-4-1-3-12(9-13)10-14-11-21-18(26-14)22-16(23)6-7-20-17(24)15-5-2-8-25-15/h1-5,8-9,11H,6-7,10H2,(H,20,24)(H,21,22,23). The minimum absolute atomic E-state index is 0.148. The van der Waals surface area contributed by atoms with E-state index < -0.39 is 0 Å². The van der Waals surface area contributed by atoms with Gasteiger partial charge in [0.25, 0.3) is 5.91 Å². The molecule has 134 valence electrons. The van der Waals surface area contributed by atoms with Crippen molar-refractivity contribution in [1.29, 1.82) is 0 Å². The van der Waals surface area contributed by atoms with Crippen molar-refractivity contribution >= 4 is 39.9 Å². The number of furan rings is 1. The highest BCUT2D eigenvalue weighted by atomic mass is 35.5. The molecule has 0 spiro atoms. The zero-order valence-corrected chi connectivity index (χ0v) is 15.3. The number of rotatable bonds is 7. The van der Waals surface area contributed by atoms with Gasteiger partial charge in [0.15, 0.2) is 10.9 Å². The summed E-state index contributed by atoms with van der Waals surface area (Å²) in [5.41, 5.74) is 1.08. The molecule has 2 heterocycles.